The van der Waals surface area contributed by atoms with Gasteiger partial charge in [-0.05, 0) is 19.1 Å². The molecule has 5 nitrogen and oxygen atoms in total. The van der Waals surface area contributed by atoms with Gasteiger partial charge in [0, 0.05) is 23.7 Å². The second kappa shape index (κ2) is 5.20. The third-order valence-electron chi connectivity index (χ3n) is 3.34. The molecule has 1 aromatic heterocycles. The van der Waals surface area contributed by atoms with Crippen molar-refractivity contribution in [2.75, 3.05) is 22.9 Å². The molecule has 3 rings (SSSR count). The van der Waals surface area contributed by atoms with Crippen LogP contribution in [-0.2, 0) is 6.54 Å². The van der Waals surface area contributed by atoms with Crippen LogP contribution in [0.1, 0.15) is 17.4 Å². The number of amides is 1. The van der Waals surface area contributed by atoms with Gasteiger partial charge in [0.1, 0.15) is 5.69 Å². The molecule has 1 aliphatic heterocycles. The lowest BCUT2D eigenvalue weighted by molar-refractivity contribution is 0.0978. The largest absolute Gasteiger partial charge is 0.396 e. The molecule has 104 valence electrons. The number of aromatic nitrogens is 2. The van der Waals surface area contributed by atoms with Gasteiger partial charge in [-0.25, -0.2) is 0 Å². The van der Waals surface area contributed by atoms with Crippen LogP contribution in [0, 0.1) is 0 Å². The zero-order valence-corrected chi connectivity index (χ0v) is 12.1. The number of carbonyl (C=O) groups excluding carboxylic acids is 1. The zero-order chi connectivity index (χ0) is 14.1. The van der Waals surface area contributed by atoms with Crippen LogP contribution < -0.4 is 10.6 Å². The number of carbonyl (C=O) groups is 1. The van der Waals surface area contributed by atoms with Gasteiger partial charge in [-0.1, -0.05) is 12.1 Å². The Morgan fingerprint density at radius 3 is 3.05 bits per heavy atom. The lowest BCUT2D eigenvalue weighted by Gasteiger charge is -2.29. The van der Waals surface area contributed by atoms with Gasteiger partial charge in [0.05, 0.1) is 17.6 Å². The quantitative estimate of drug-likeness (QED) is 0.920. The number of nitrogen functional groups attached to an aromatic ring is 1. The van der Waals surface area contributed by atoms with E-state index in [0.29, 0.717) is 24.5 Å². The highest BCUT2D eigenvalue weighted by Crippen LogP contribution is 2.35. The number of hydrogen-bond acceptors (Lipinski definition) is 4. The Kier molecular flexibility index (Phi) is 3.40. The number of thioether (sulfide) groups is 1. The molecular weight excluding hydrogens is 272 g/mol. The first-order valence-corrected chi connectivity index (χ1v) is 7.56. The predicted octanol–water partition coefficient (Wildman–Crippen LogP) is 2.24. The number of fused-ring (bicyclic) bond motifs is 1. The Balaban J connectivity index is 2.02. The Hall–Kier alpha value is -1.95. The molecule has 2 heterocycles. The summed E-state index contributed by atoms with van der Waals surface area (Å²) < 4.78 is 1.65. The van der Waals surface area contributed by atoms with Crippen molar-refractivity contribution in [2.45, 2.75) is 18.4 Å². The van der Waals surface area contributed by atoms with E-state index in [1.54, 1.807) is 27.5 Å². The monoisotopic (exact) mass is 288 g/mol. The number of nitrogens with zero attached hydrogens (tertiary/aromatic N) is 3. The number of anilines is 2. The van der Waals surface area contributed by atoms with Gasteiger partial charge in [-0.3, -0.25) is 9.48 Å². The molecule has 2 N–H and O–H groups in total. The molecule has 1 amide bonds. The zero-order valence-electron chi connectivity index (χ0n) is 11.2. The van der Waals surface area contributed by atoms with E-state index in [4.69, 9.17) is 5.73 Å². The van der Waals surface area contributed by atoms with Crippen LogP contribution >= 0.6 is 11.8 Å². The Morgan fingerprint density at radius 1 is 1.45 bits per heavy atom. The molecule has 0 fully saturated rings. The van der Waals surface area contributed by atoms with Crippen LogP contribution in [-0.4, -0.2) is 28.0 Å². The molecule has 6 heteroatoms. The average molecular weight is 288 g/mol. The van der Waals surface area contributed by atoms with Crippen LogP contribution in [0.2, 0.25) is 0 Å². The Bertz CT molecular complexity index is 652. The van der Waals surface area contributed by atoms with Crippen molar-refractivity contribution in [3.63, 3.8) is 0 Å². The van der Waals surface area contributed by atoms with Gasteiger partial charge in [-0.15, -0.1) is 11.8 Å². The fourth-order valence-electron chi connectivity index (χ4n) is 2.38. The van der Waals surface area contributed by atoms with E-state index < -0.39 is 0 Å². The van der Waals surface area contributed by atoms with Crippen LogP contribution in [0.5, 0.6) is 0 Å². The van der Waals surface area contributed by atoms with Crippen molar-refractivity contribution in [1.29, 1.82) is 0 Å². The molecule has 20 heavy (non-hydrogen) atoms. The fraction of sp³-hybridized carbons (Fsp3) is 0.286. The summed E-state index contributed by atoms with van der Waals surface area (Å²) in [5.74, 6) is 0.817. The number of rotatable bonds is 2. The Labute approximate surface area is 121 Å². The maximum Gasteiger partial charge on any atom is 0.278 e. The average Bonchev–Trinajstić information content (AvgIpc) is 2.87. The molecule has 2 aromatic rings. The maximum absolute atomic E-state index is 12.8. The van der Waals surface area contributed by atoms with Crippen molar-refractivity contribution >= 4 is 29.0 Å². The summed E-state index contributed by atoms with van der Waals surface area (Å²) in [6.07, 6.45) is 1.54. The molecule has 0 radical (unpaired) electrons. The van der Waals surface area contributed by atoms with E-state index in [1.165, 1.54) is 0 Å². The number of hydrogen-bond donors (Lipinski definition) is 1. The van der Waals surface area contributed by atoms with Crippen molar-refractivity contribution < 1.29 is 4.79 Å². The molecule has 0 saturated heterocycles. The number of para-hydroxylation sites is 1. The summed E-state index contributed by atoms with van der Waals surface area (Å²) in [6.45, 7) is 3.26. The van der Waals surface area contributed by atoms with Crippen LogP contribution in [0.15, 0.2) is 35.4 Å². The highest BCUT2D eigenvalue weighted by atomic mass is 32.2. The molecule has 0 aliphatic carbocycles. The third-order valence-corrected chi connectivity index (χ3v) is 4.39. The molecule has 1 aromatic carbocycles. The van der Waals surface area contributed by atoms with E-state index >= 15 is 0 Å². The van der Waals surface area contributed by atoms with Crippen molar-refractivity contribution in [1.82, 2.24) is 9.78 Å². The van der Waals surface area contributed by atoms with Gasteiger partial charge in [0.2, 0.25) is 0 Å². The molecular formula is C14H16N4OS. The number of benzene rings is 1. The Morgan fingerprint density at radius 2 is 2.25 bits per heavy atom. The molecule has 0 spiro atoms. The molecule has 0 atom stereocenters. The summed E-state index contributed by atoms with van der Waals surface area (Å²) in [4.78, 5) is 15.7. The predicted molar refractivity (Wildman–Crippen MR) is 81.2 cm³/mol. The van der Waals surface area contributed by atoms with E-state index in [0.717, 1.165) is 16.3 Å². The van der Waals surface area contributed by atoms with Crippen molar-refractivity contribution in [2.24, 2.45) is 0 Å². The first kappa shape index (κ1) is 13.1. The second-order valence-corrected chi connectivity index (χ2v) is 5.67. The summed E-state index contributed by atoms with van der Waals surface area (Å²) in [6, 6.07) is 7.96. The van der Waals surface area contributed by atoms with Crippen LogP contribution in [0.4, 0.5) is 11.4 Å². The molecule has 1 aliphatic rings. The number of nitrogens with two attached hydrogens (primary N) is 1. The summed E-state index contributed by atoms with van der Waals surface area (Å²) in [7, 11) is 0. The molecule has 0 bridgehead atoms. The topological polar surface area (TPSA) is 64.2 Å². The van der Waals surface area contributed by atoms with E-state index in [9.17, 15) is 4.79 Å². The fourth-order valence-corrected chi connectivity index (χ4v) is 3.38. The maximum atomic E-state index is 12.8. The minimum absolute atomic E-state index is 0.0744. The normalized spacial score (nSPS) is 14.2. The summed E-state index contributed by atoms with van der Waals surface area (Å²) in [5, 5.41) is 4.15. The van der Waals surface area contributed by atoms with Gasteiger partial charge >= 0.3 is 0 Å². The van der Waals surface area contributed by atoms with Crippen LogP contribution in [0.25, 0.3) is 0 Å². The van der Waals surface area contributed by atoms with Gasteiger partial charge in [0.15, 0.2) is 0 Å². The third kappa shape index (κ3) is 2.06. The van der Waals surface area contributed by atoms with Crippen molar-refractivity contribution in [3.05, 3.63) is 36.2 Å². The molecule has 0 saturated carbocycles. The highest BCUT2D eigenvalue weighted by molar-refractivity contribution is 7.99. The second-order valence-electron chi connectivity index (χ2n) is 4.54. The SMILES string of the molecule is CCn1ncc(N)c1C(=O)N1CCSc2ccccc21. The lowest BCUT2D eigenvalue weighted by Crippen LogP contribution is -2.37. The smallest absolute Gasteiger partial charge is 0.278 e. The van der Waals surface area contributed by atoms with Crippen molar-refractivity contribution in [3.8, 4) is 0 Å². The first-order chi connectivity index (χ1) is 9.72. The minimum atomic E-state index is -0.0744. The summed E-state index contributed by atoms with van der Waals surface area (Å²) in [5.41, 5.74) is 7.78. The standard InChI is InChI=1S/C14H16N4OS/c1-2-18-13(10(15)9-16-18)14(19)17-7-8-20-12-6-4-3-5-11(12)17/h3-6,9H,2,7-8,15H2,1H3. The number of aryl methyl sites for hydroxylation is 1. The van der Waals surface area contributed by atoms with Gasteiger partial charge in [-0.2, -0.15) is 5.10 Å². The molecule has 0 unspecified atom stereocenters. The van der Waals surface area contributed by atoms with E-state index in [-0.39, 0.29) is 5.91 Å². The van der Waals surface area contributed by atoms with E-state index in [2.05, 4.69) is 5.10 Å². The van der Waals surface area contributed by atoms with Gasteiger partial charge in [0.25, 0.3) is 5.91 Å². The van der Waals surface area contributed by atoms with E-state index in [1.807, 2.05) is 31.2 Å². The van der Waals surface area contributed by atoms with Crippen LogP contribution in [0.3, 0.4) is 0 Å². The van der Waals surface area contributed by atoms with Gasteiger partial charge < -0.3 is 10.6 Å². The highest BCUT2D eigenvalue weighted by Gasteiger charge is 2.27. The lowest BCUT2D eigenvalue weighted by atomic mass is 10.2. The summed E-state index contributed by atoms with van der Waals surface area (Å²) >= 11 is 1.77. The first-order valence-electron chi connectivity index (χ1n) is 6.57. The minimum Gasteiger partial charge on any atom is -0.396 e.